The fourth-order valence-electron chi connectivity index (χ4n) is 11.3. The topological polar surface area (TPSA) is 292 Å². The maximum absolute atomic E-state index is 13.2. The smallest absolute Gasteiger partial charge is 0.328 e. The van der Waals surface area contributed by atoms with E-state index >= 15 is 0 Å². The Morgan fingerprint density at radius 2 is 1.00 bits per heavy atom. The van der Waals surface area contributed by atoms with Crippen molar-refractivity contribution in [3.63, 3.8) is 0 Å². The summed E-state index contributed by atoms with van der Waals surface area (Å²) < 4.78 is 15.9. The van der Waals surface area contributed by atoms with E-state index in [0.29, 0.717) is 41.8 Å². The van der Waals surface area contributed by atoms with Crippen molar-refractivity contribution in [3.8, 4) is 12.0 Å². The van der Waals surface area contributed by atoms with Gasteiger partial charge in [-0.3, -0.25) is 14.4 Å². The molecule has 3 amide bonds. The molecule has 2 aliphatic carbocycles. The van der Waals surface area contributed by atoms with Gasteiger partial charge in [0.15, 0.2) is 11.3 Å². The summed E-state index contributed by atoms with van der Waals surface area (Å²) in [5.74, 6) is 0.489. The van der Waals surface area contributed by atoms with Crippen molar-refractivity contribution in [3.05, 3.63) is 96.4 Å². The number of nitrogens with zero attached hydrogens (tertiary/aromatic N) is 12. The van der Waals surface area contributed by atoms with Crippen LogP contribution in [0.1, 0.15) is 128 Å². The number of carbonyl (C=O) groups is 4. The Morgan fingerprint density at radius 1 is 0.593 bits per heavy atom. The second kappa shape index (κ2) is 33.3. The van der Waals surface area contributed by atoms with Gasteiger partial charge < -0.3 is 66.5 Å². The number of carboxylic acids is 1. The van der Waals surface area contributed by atoms with E-state index in [-0.39, 0.29) is 65.7 Å². The number of hydrogen-bond acceptors (Lipinski definition) is 19. The minimum Gasteiger partial charge on any atom is -0.478 e. The summed E-state index contributed by atoms with van der Waals surface area (Å²) in [5.41, 5.74) is 12.5. The molecule has 91 heavy (non-hydrogen) atoms. The standard InChI is InChI=1S/C33H47N9O3.C27H38N8O2.C6H11NO2/c1-22(2)28-21-34-42-30(28)38-33(45-27-15-18-41(5)19-16-27)39-32(42)37-26-9-6-8-25(20-26)36-31(44)23-11-13-24(14-12-23)35-29(43)10-7-17-40(3)4;1-17(2)23-16-29-35-24(23)32-27(37-22-11-13-34(3)14-12-22)33-26(35)31-21-6-4-5-20(15-21)30-25(36)18-7-9-19(28)10-8-18;1-7(2)5-3-4-6(8)9/h6-10,20-24,27H,11-19H2,1-5H3,(H,35,43)(H,36,44)(H,37,38,39);4-6,15-19,22H,7-14,28H2,1-3H3,(H,30,36)(H,31,32,33);3-4H,5H2,1-2H3,(H,8,9)/b10-7+;;4-3+. The number of likely N-dealkylation sites (tertiary alicyclic amines) is 2. The summed E-state index contributed by atoms with van der Waals surface area (Å²) >= 11 is 0. The monoisotopic (exact) mass is 1250 g/mol. The molecule has 25 heteroatoms. The Bertz CT molecular complexity index is 3400. The molecular weight excluding hydrogens is 1160 g/mol. The molecule has 492 valence electrons. The molecule has 0 radical (unpaired) electrons. The number of aliphatic carboxylic acids is 1. The van der Waals surface area contributed by atoms with Crippen molar-refractivity contribution in [2.45, 2.75) is 141 Å². The van der Waals surface area contributed by atoms with Crippen LogP contribution in [0.25, 0.3) is 11.3 Å². The van der Waals surface area contributed by atoms with Crippen molar-refractivity contribution < 1.29 is 33.8 Å². The van der Waals surface area contributed by atoms with Gasteiger partial charge in [0.1, 0.15) is 12.2 Å². The molecule has 0 unspecified atom stereocenters. The van der Waals surface area contributed by atoms with Crippen molar-refractivity contribution in [2.75, 3.05) is 103 Å². The lowest BCUT2D eigenvalue weighted by Gasteiger charge is -2.28. The first kappa shape index (κ1) is 68.8. The van der Waals surface area contributed by atoms with E-state index in [1.807, 2.05) is 105 Å². The lowest BCUT2D eigenvalue weighted by atomic mass is 9.85. The number of piperidine rings is 2. The number of amides is 3. The molecule has 4 aliphatic rings. The number of rotatable bonds is 21. The Labute approximate surface area is 535 Å². The number of carboxylic acid groups (broad SMARTS) is 1. The van der Waals surface area contributed by atoms with Gasteiger partial charge in [0.25, 0.3) is 0 Å². The zero-order valence-corrected chi connectivity index (χ0v) is 54.8. The number of anilines is 6. The van der Waals surface area contributed by atoms with E-state index in [2.05, 4.69) is 88.4 Å². The van der Waals surface area contributed by atoms with Gasteiger partial charge in [-0.05, 0) is 168 Å². The summed E-state index contributed by atoms with van der Waals surface area (Å²) in [4.78, 5) is 75.5. The van der Waals surface area contributed by atoms with Crippen LogP contribution < -0.4 is 41.8 Å². The minimum atomic E-state index is -0.892. The molecule has 2 aromatic carbocycles. The third-order valence-electron chi connectivity index (χ3n) is 16.7. The molecular formula is C66H96N18O7. The summed E-state index contributed by atoms with van der Waals surface area (Å²) in [5, 5.41) is 33.3. The highest BCUT2D eigenvalue weighted by atomic mass is 16.5. The first-order valence-electron chi connectivity index (χ1n) is 32.1. The van der Waals surface area contributed by atoms with E-state index in [0.717, 1.165) is 150 Å². The average Bonchev–Trinajstić information content (AvgIpc) is 1.70. The van der Waals surface area contributed by atoms with Gasteiger partial charge in [0.05, 0.1) is 12.4 Å². The van der Waals surface area contributed by atoms with E-state index < -0.39 is 5.97 Å². The molecule has 6 aromatic rings. The second-order valence-electron chi connectivity index (χ2n) is 25.6. The molecule has 0 atom stereocenters. The first-order chi connectivity index (χ1) is 43.6. The molecule has 25 nitrogen and oxygen atoms in total. The molecule has 4 aromatic heterocycles. The largest absolute Gasteiger partial charge is 0.478 e. The lowest BCUT2D eigenvalue weighted by molar-refractivity contribution is -0.131. The van der Waals surface area contributed by atoms with Crippen LogP contribution in [0, 0.1) is 11.8 Å². The van der Waals surface area contributed by atoms with Gasteiger partial charge in [-0.1, -0.05) is 52.0 Å². The summed E-state index contributed by atoms with van der Waals surface area (Å²) in [7, 11) is 11.9. The van der Waals surface area contributed by atoms with Gasteiger partial charge in [0, 0.05) is 109 Å². The molecule has 4 fully saturated rings. The van der Waals surface area contributed by atoms with E-state index in [1.165, 1.54) is 0 Å². The predicted octanol–water partition coefficient (Wildman–Crippen LogP) is 8.30. The molecule has 2 saturated carbocycles. The highest BCUT2D eigenvalue weighted by molar-refractivity contribution is 5.94. The van der Waals surface area contributed by atoms with Gasteiger partial charge in [0.2, 0.25) is 29.6 Å². The average molecular weight is 1250 g/mol. The second-order valence-corrected chi connectivity index (χ2v) is 25.6. The van der Waals surface area contributed by atoms with Crippen molar-refractivity contribution in [1.82, 2.24) is 64.1 Å². The number of benzene rings is 2. The van der Waals surface area contributed by atoms with Crippen LogP contribution in [0.4, 0.5) is 34.6 Å². The zero-order chi connectivity index (χ0) is 65.1. The third-order valence-corrected chi connectivity index (χ3v) is 16.7. The summed E-state index contributed by atoms with van der Waals surface area (Å²) in [6, 6.07) is 16.2. The molecule has 2 aliphatic heterocycles. The number of hydrogen-bond donors (Lipinski definition) is 7. The Hall–Kier alpha value is -8.10. The van der Waals surface area contributed by atoms with E-state index in [4.69, 9.17) is 40.2 Å². The van der Waals surface area contributed by atoms with Crippen LogP contribution >= 0.6 is 0 Å². The SMILES string of the molecule is CC(C)c1cnn2c(Nc3cccc(NC(=O)C4CCC(N)CC4)c3)nc(OC3CCN(C)CC3)nc12.CC(C)c1cnn2c(Nc3cccc(NC(=O)C4CCC(NC(=O)/C=C/CN(C)C)CC4)c3)nc(OC3CCN(C)CC3)nc12.CN(C)C/C=C/C(=O)O. The molecule has 0 spiro atoms. The van der Waals surface area contributed by atoms with Gasteiger partial charge in [-0.2, -0.15) is 39.2 Å². The van der Waals surface area contributed by atoms with Crippen molar-refractivity contribution >= 4 is 69.6 Å². The first-order valence-corrected chi connectivity index (χ1v) is 32.1. The minimum absolute atomic E-state index is 0.00491. The molecule has 8 N–H and O–H groups in total. The summed E-state index contributed by atoms with van der Waals surface area (Å²) in [6.45, 7) is 13.8. The fourth-order valence-corrected chi connectivity index (χ4v) is 11.3. The van der Waals surface area contributed by atoms with Crippen LogP contribution in [0.3, 0.4) is 0 Å². The van der Waals surface area contributed by atoms with E-state index in [1.54, 1.807) is 21.2 Å². The molecule has 6 heterocycles. The number of ether oxygens (including phenoxy) is 2. The van der Waals surface area contributed by atoms with E-state index in [9.17, 15) is 19.2 Å². The maximum Gasteiger partial charge on any atom is 0.328 e. The predicted molar refractivity (Wildman–Crippen MR) is 356 cm³/mol. The molecule has 2 saturated heterocycles. The van der Waals surface area contributed by atoms with Gasteiger partial charge in [-0.25, -0.2) is 4.79 Å². The van der Waals surface area contributed by atoms with Gasteiger partial charge >= 0.3 is 18.0 Å². The Balaban J connectivity index is 0.000000209. The summed E-state index contributed by atoms with van der Waals surface area (Å²) in [6.07, 6.45) is 20.2. The Morgan fingerprint density at radius 3 is 1.41 bits per heavy atom. The van der Waals surface area contributed by atoms with Crippen LogP contribution in [0.2, 0.25) is 0 Å². The zero-order valence-electron chi connectivity index (χ0n) is 54.8. The van der Waals surface area contributed by atoms with Crippen LogP contribution in [0.5, 0.6) is 12.0 Å². The highest BCUT2D eigenvalue weighted by Crippen LogP contribution is 2.31. The molecule has 0 bridgehead atoms. The van der Waals surface area contributed by atoms with Crippen molar-refractivity contribution in [2.24, 2.45) is 17.6 Å². The maximum atomic E-state index is 13.2. The number of fused-ring (bicyclic) bond motifs is 2. The highest BCUT2D eigenvalue weighted by Gasteiger charge is 2.29. The Kier molecular flexibility index (Phi) is 25.2. The number of carbonyl (C=O) groups excluding carboxylic acids is 3. The number of nitrogens with two attached hydrogens (primary N) is 1. The normalized spacial score (nSPS) is 19.5. The third kappa shape index (κ3) is 21.0. The number of likely N-dealkylation sites (N-methyl/N-ethyl adjacent to an activating group) is 2. The van der Waals surface area contributed by atoms with Crippen LogP contribution in [-0.4, -0.2) is 193 Å². The molecule has 10 rings (SSSR count). The number of nitrogens with one attached hydrogen (secondary N) is 5. The lowest BCUT2D eigenvalue weighted by Crippen LogP contribution is -2.39. The van der Waals surface area contributed by atoms with Crippen molar-refractivity contribution in [1.29, 1.82) is 0 Å². The quantitative estimate of drug-likeness (QED) is 0.0333. The van der Waals surface area contributed by atoms with Crippen LogP contribution in [0.15, 0.2) is 85.2 Å². The van der Waals surface area contributed by atoms with Gasteiger partial charge in [-0.15, -0.1) is 0 Å². The number of aromatic nitrogens is 8. The van der Waals surface area contributed by atoms with Crippen LogP contribution in [-0.2, 0) is 19.2 Å². The fraction of sp³-hybridized carbons (Fsp3) is 0.545.